The van der Waals surface area contributed by atoms with Crippen LogP contribution in [0.5, 0.6) is 0 Å². The van der Waals surface area contributed by atoms with Crippen LogP contribution in [0.25, 0.3) is 0 Å². The molecule has 1 N–H and O–H groups in total. The average Bonchev–Trinajstić information content (AvgIpc) is 2.29. The second kappa shape index (κ2) is 6.83. The quantitative estimate of drug-likeness (QED) is 0.853. The molecule has 1 aliphatic heterocycles. The molecule has 0 saturated carbocycles. The molecule has 1 heterocycles. The summed E-state index contributed by atoms with van der Waals surface area (Å²) in [6.07, 6.45) is 2.31. The van der Waals surface area contributed by atoms with Gasteiger partial charge in [-0.1, -0.05) is 30.3 Å². The molecule has 0 aromatic heterocycles. The Morgan fingerprint density at radius 1 is 1.27 bits per heavy atom. The molecule has 2 nitrogen and oxygen atoms in total. The summed E-state index contributed by atoms with van der Waals surface area (Å²) in [5, 5.41) is 3.46. The van der Waals surface area contributed by atoms with Crippen molar-refractivity contribution >= 4 is 12.4 Å². The van der Waals surface area contributed by atoms with Crippen molar-refractivity contribution in [2.24, 2.45) is 0 Å². The highest BCUT2D eigenvalue weighted by molar-refractivity contribution is 5.85. The summed E-state index contributed by atoms with van der Waals surface area (Å²) in [5.41, 5.74) is 1.42. The van der Waals surface area contributed by atoms with Crippen LogP contribution in [0, 0.1) is 0 Å². The van der Waals surface area contributed by atoms with Crippen molar-refractivity contribution < 1.29 is 4.74 Å². The lowest BCUT2D eigenvalue weighted by Gasteiger charge is -2.23. The van der Waals surface area contributed by atoms with Gasteiger partial charge in [-0.25, -0.2) is 0 Å². The van der Waals surface area contributed by atoms with E-state index in [-0.39, 0.29) is 12.4 Å². The van der Waals surface area contributed by atoms with Gasteiger partial charge in [-0.3, -0.25) is 0 Å². The number of benzene rings is 1. The number of rotatable bonds is 3. The third kappa shape index (κ3) is 4.20. The summed E-state index contributed by atoms with van der Waals surface area (Å²) in [7, 11) is 0. The van der Waals surface area contributed by atoms with Gasteiger partial charge < -0.3 is 10.1 Å². The first-order chi connectivity index (χ1) is 6.95. The van der Waals surface area contributed by atoms with E-state index < -0.39 is 0 Å². The van der Waals surface area contributed by atoms with Crippen molar-refractivity contribution in [3.63, 3.8) is 0 Å². The summed E-state index contributed by atoms with van der Waals surface area (Å²) < 4.78 is 5.41. The van der Waals surface area contributed by atoms with Crippen LogP contribution >= 0.6 is 12.4 Å². The van der Waals surface area contributed by atoms with Crippen LogP contribution in [0.1, 0.15) is 12.0 Å². The highest BCUT2D eigenvalue weighted by Gasteiger charge is 2.11. The second-order valence-electron chi connectivity index (χ2n) is 3.75. The van der Waals surface area contributed by atoms with Gasteiger partial charge in [-0.05, 0) is 18.4 Å². The maximum absolute atomic E-state index is 5.41. The molecule has 15 heavy (non-hydrogen) atoms. The standard InChI is InChI=1S/C12H17NO.ClH/c1-2-4-11(5-3-1)6-7-12-10-14-9-8-13-12;/h1-5,12-13H,6-10H2;1H. The summed E-state index contributed by atoms with van der Waals surface area (Å²) in [5.74, 6) is 0. The van der Waals surface area contributed by atoms with Crippen molar-refractivity contribution in [1.82, 2.24) is 5.32 Å². The Balaban J connectivity index is 0.00000112. The Bertz CT molecular complexity index is 260. The SMILES string of the molecule is Cl.c1ccc(CCC2COCCN2)cc1. The zero-order valence-electron chi connectivity index (χ0n) is 8.82. The first-order valence-electron chi connectivity index (χ1n) is 5.30. The lowest BCUT2D eigenvalue weighted by Crippen LogP contribution is -2.41. The maximum atomic E-state index is 5.41. The minimum Gasteiger partial charge on any atom is -0.379 e. The van der Waals surface area contributed by atoms with Gasteiger partial charge in [0.25, 0.3) is 0 Å². The lowest BCUT2D eigenvalue weighted by atomic mass is 10.1. The summed E-state index contributed by atoms with van der Waals surface area (Å²) >= 11 is 0. The Kier molecular flexibility index (Phi) is 5.69. The minimum absolute atomic E-state index is 0. The van der Waals surface area contributed by atoms with E-state index in [4.69, 9.17) is 4.74 Å². The number of nitrogens with one attached hydrogen (secondary N) is 1. The van der Waals surface area contributed by atoms with E-state index in [0.29, 0.717) is 6.04 Å². The van der Waals surface area contributed by atoms with E-state index in [9.17, 15) is 0 Å². The molecule has 1 aliphatic rings. The van der Waals surface area contributed by atoms with Crippen molar-refractivity contribution in [2.45, 2.75) is 18.9 Å². The highest BCUT2D eigenvalue weighted by atomic mass is 35.5. The van der Waals surface area contributed by atoms with Crippen molar-refractivity contribution in [2.75, 3.05) is 19.8 Å². The molecule has 3 heteroatoms. The Morgan fingerprint density at radius 2 is 2.07 bits per heavy atom. The third-order valence-corrected chi connectivity index (χ3v) is 2.62. The van der Waals surface area contributed by atoms with Crippen LogP contribution < -0.4 is 5.32 Å². The molecular weight excluding hydrogens is 210 g/mol. The molecule has 1 saturated heterocycles. The average molecular weight is 228 g/mol. The monoisotopic (exact) mass is 227 g/mol. The van der Waals surface area contributed by atoms with Crippen LogP contribution in [-0.2, 0) is 11.2 Å². The number of hydrogen-bond donors (Lipinski definition) is 1. The van der Waals surface area contributed by atoms with Crippen molar-refractivity contribution in [3.05, 3.63) is 35.9 Å². The van der Waals surface area contributed by atoms with E-state index in [1.54, 1.807) is 0 Å². The zero-order chi connectivity index (χ0) is 9.64. The lowest BCUT2D eigenvalue weighted by molar-refractivity contribution is 0.0743. The fourth-order valence-corrected chi connectivity index (χ4v) is 1.79. The largest absolute Gasteiger partial charge is 0.379 e. The van der Waals surface area contributed by atoms with Crippen LogP contribution in [-0.4, -0.2) is 25.8 Å². The van der Waals surface area contributed by atoms with Crippen LogP contribution in [0.15, 0.2) is 30.3 Å². The second-order valence-corrected chi connectivity index (χ2v) is 3.75. The molecule has 2 rings (SSSR count). The van der Waals surface area contributed by atoms with Crippen LogP contribution in [0.2, 0.25) is 0 Å². The maximum Gasteiger partial charge on any atom is 0.0620 e. The summed E-state index contributed by atoms with van der Waals surface area (Å²) in [6, 6.07) is 11.2. The number of halogens is 1. The van der Waals surface area contributed by atoms with E-state index in [1.165, 1.54) is 12.0 Å². The van der Waals surface area contributed by atoms with Gasteiger partial charge in [0.15, 0.2) is 0 Å². The van der Waals surface area contributed by atoms with Crippen molar-refractivity contribution in [3.8, 4) is 0 Å². The normalized spacial score (nSPS) is 20.7. The molecule has 0 bridgehead atoms. The molecule has 1 aromatic rings. The van der Waals surface area contributed by atoms with Gasteiger partial charge >= 0.3 is 0 Å². The van der Waals surface area contributed by atoms with E-state index in [1.807, 2.05) is 0 Å². The van der Waals surface area contributed by atoms with Crippen LogP contribution in [0.4, 0.5) is 0 Å². The molecule has 0 radical (unpaired) electrons. The summed E-state index contributed by atoms with van der Waals surface area (Å²) in [4.78, 5) is 0. The number of hydrogen-bond acceptors (Lipinski definition) is 2. The summed E-state index contributed by atoms with van der Waals surface area (Å²) in [6.45, 7) is 2.73. The topological polar surface area (TPSA) is 21.3 Å². The third-order valence-electron chi connectivity index (χ3n) is 2.62. The molecule has 84 valence electrons. The molecule has 1 fully saturated rings. The van der Waals surface area contributed by atoms with Gasteiger partial charge in [-0.2, -0.15) is 0 Å². The molecular formula is C12H18ClNO. The fraction of sp³-hybridized carbons (Fsp3) is 0.500. The van der Waals surface area contributed by atoms with E-state index in [0.717, 1.165) is 26.2 Å². The first kappa shape index (κ1) is 12.5. The predicted octanol–water partition coefficient (Wildman–Crippen LogP) is 2.03. The smallest absolute Gasteiger partial charge is 0.0620 e. The molecule has 1 unspecified atom stereocenters. The zero-order valence-corrected chi connectivity index (χ0v) is 9.63. The molecule has 1 aromatic carbocycles. The van der Waals surface area contributed by atoms with E-state index >= 15 is 0 Å². The van der Waals surface area contributed by atoms with Gasteiger partial charge in [0, 0.05) is 12.6 Å². The number of aryl methyl sites for hydroxylation is 1. The highest BCUT2D eigenvalue weighted by Crippen LogP contribution is 2.06. The minimum atomic E-state index is 0. The molecule has 0 spiro atoms. The van der Waals surface area contributed by atoms with Gasteiger partial charge in [0.05, 0.1) is 13.2 Å². The van der Waals surface area contributed by atoms with Gasteiger partial charge in [0.1, 0.15) is 0 Å². The van der Waals surface area contributed by atoms with Crippen LogP contribution in [0.3, 0.4) is 0 Å². The Morgan fingerprint density at radius 3 is 2.73 bits per heavy atom. The Hall–Kier alpha value is -0.570. The molecule has 1 atom stereocenters. The number of morpholine rings is 1. The van der Waals surface area contributed by atoms with Gasteiger partial charge in [0.2, 0.25) is 0 Å². The van der Waals surface area contributed by atoms with Gasteiger partial charge in [-0.15, -0.1) is 12.4 Å². The first-order valence-corrected chi connectivity index (χ1v) is 5.30. The Labute approximate surface area is 97.4 Å². The predicted molar refractivity (Wildman–Crippen MR) is 64.6 cm³/mol. The fourth-order valence-electron chi connectivity index (χ4n) is 1.79. The molecule has 0 amide bonds. The van der Waals surface area contributed by atoms with Crippen molar-refractivity contribution in [1.29, 1.82) is 0 Å². The molecule has 0 aliphatic carbocycles. The number of ether oxygens (including phenoxy) is 1. The van der Waals surface area contributed by atoms with E-state index in [2.05, 4.69) is 35.6 Å².